The number of halogens is 3. The van der Waals surface area contributed by atoms with Gasteiger partial charge in [-0.25, -0.2) is 8.78 Å². The highest BCUT2D eigenvalue weighted by atomic mass is 35.5. The average molecular weight is 652 g/mol. The molecule has 0 radical (unpaired) electrons. The van der Waals surface area contributed by atoms with Crippen LogP contribution in [0.25, 0.3) is 22.6 Å². The second-order valence-corrected chi connectivity index (χ2v) is 13.5. The number of allylic oxidation sites excluding steroid dienone is 2. The first kappa shape index (κ1) is 31.3. The Morgan fingerprint density at radius 1 is 1.11 bits per heavy atom. The van der Waals surface area contributed by atoms with Crippen molar-refractivity contribution >= 4 is 40.0 Å². The maximum absolute atomic E-state index is 16.5. The zero-order valence-corrected chi connectivity index (χ0v) is 27.0. The number of fused-ring (bicyclic) bond motifs is 5. The monoisotopic (exact) mass is 651 g/mol. The first-order chi connectivity index (χ1) is 22.2. The number of aliphatic hydroxyl groups is 1. The van der Waals surface area contributed by atoms with Crippen LogP contribution in [0.4, 0.5) is 14.6 Å². The maximum atomic E-state index is 16.5. The minimum atomic E-state index is -0.599. The van der Waals surface area contributed by atoms with Gasteiger partial charge in [-0.15, -0.1) is 0 Å². The number of nitrogens with one attached hydrogen (secondary N) is 1. The van der Waals surface area contributed by atoms with Crippen molar-refractivity contribution in [3.8, 4) is 6.01 Å². The van der Waals surface area contributed by atoms with Gasteiger partial charge in [0.05, 0.1) is 24.8 Å². The molecule has 1 aromatic heterocycles. The third-order valence-corrected chi connectivity index (χ3v) is 10.1. The number of hydrogen-bond donors (Lipinski definition) is 2. The number of benzene rings is 2. The Labute approximate surface area is 273 Å². The maximum Gasteiger partial charge on any atom is 0.319 e. The van der Waals surface area contributed by atoms with Crippen LogP contribution in [0.5, 0.6) is 6.01 Å². The average Bonchev–Trinajstić information content (AvgIpc) is 3.46. The van der Waals surface area contributed by atoms with E-state index in [9.17, 15) is 9.50 Å². The molecule has 5 heterocycles. The Morgan fingerprint density at radius 2 is 1.85 bits per heavy atom. The van der Waals surface area contributed by atoms with E-state index in [2.05, 4.69) is 20.1 Å². The van der Waals surface area contributed by atoms with Gasteiger partial charge >= 0.3 is 6.01 Å². The number of hydrogen-bond acceptors (Lipinski definition) is 8. The molecule has 4 bridgehead atoms. The fourth-order valence-electron chi connectivity index (χ4n) is 7.58. The smallest absolute Gasteiger partial charge is 0.319 e. The van der Waals surface area contributed by atoms with Crippen LogP contribution in [0.1, 0.15) is 55.7 Å². The summed E-state index contributed by atoms with van der Waals surface area (Å²) < 4.78 is 41.9. The topological polar surface area (TPSA) is 83.0 Å². The van der Waals surface area contributed by atoms with Gasteiger partial charge in [-0.3, -0.25) is 4.90 Å². The Balaban J connectivity index is 1.19. The summed E-state index contributed by atoms with van der Waals surface area (Å²) in [6.45, 7) is 7.85. The SMILES string of the molecule is C/C(=C\C(O)=C/c1ccc(F)cc1C)c1c(Cl)cc2c(N3CC4CCC(C3)N4)nc(OCCCN3C4CCC3COC4)nc2c1F. The van der Waals surface area contributed by atoms with Gasteiger partial charge in [-0.2, -0.15) is 9.97 Å². The molecule has 4 atom stereocenters. The van der Waals surface area contributed by atoms with E-state index in [0.717, 1.165) is 52.1 Å². The van der Waals surface area contributed by atoms with Gasteiger partial charge in [-0.05, 0) is 93.0 Å². The van der Waals surface area contributed by atoms with Gasteiger partial charge in [0.2, 0.25) is 0 Å². The van der Waals surface area contributed by atoms with Crippen molar-refractivity contribution in [2.75, 3.05) is 44.4 Å². The van der Waals surface area contributed by atoms with Gasteiger partial charge in [-0.1, -0.05) is 17.7 Å². The lowest BCUT2D eigenvalue weighted by molar-refractivity contribution is -0.0161. The number of morpholine rings is 1. The molecule has 8 nitrogen and oxygen atoms in total. The van der Waals surface area contributed by atoms with Gasteiger partial charge in [0, 0.05) is 54.8 Å². The van der Waals surface area contributed by atoms with Crippen LogP contribution in [0.15, 0.2) is 36.1 Å². The van der Waals surface area contributed by atoms with Crippen molar-refractivity contribution in [1.82, 2.24) is 20.2 Å². The molecule has 0 spiro atoms. The molecular formula is C35H40ClF2N5O3. The van der Waals surface area contributed by atoms with Gasteiger partial charge in [0.15, 0.2) is 5.82 Å². The molecule has 0 saturated carbocycles. The van der Waals surface area contributed by atoms with Crippen LogP contribution < -0.4 is 15.0 Å². The Bertz CT molecular complexity index is 1670. The molecule has 0 amide bonds. The molecule has 4 aliphatic rings. The fraction of sp³-hybridized carbons (Fsp3) is 0.486. The van der Waals surface area contributed by atoms with E-state index in [1.54, 1.807) is 26.0 Å². The molecule has 46 heavy (non-hydrogen) atoms. The summed E-state index contributed by atoms with van der Waals surface area (Å²) in [5.41, 5.74) is 2.01. The molecule has 2 aromatic carbocycles. The van der Waals surface area contributed by atoms with E-state index in [1.165, 1.54) is 37.1 Å². The minimum absolute atomic E-state index is 0.111. The number of ether oxygens (including phenoxy) is 2. The van der Waals surface area contributed by atoms with Crippen molar-refractivity contribution in [1.29, 1.82) is 0 Å². The highest BCUT2D eigenvalue weighted by molar-refractivity contribution is 6.33. The molecule has 4 saturated heterocycles. The molecule has 4 aliphatic heterocycles. The summed E-state index contributed by atoms with van der Waals surface area (Å²) in [5, 5.41) is 15.1. The third kappa shape index (κ3) is 6.32. The zero-order chi connectivity index (χ0) is 31.9. The summed E-state index contributed by atoms with van der Waals surface area (Å²) in [7, 11) is 0. The number of aliphatic hydroxyl groups excluding tert-OH is 1. The van der Waals surface area contributed by atoms with Crippen LogP contribution in [-0.4, -0.2) is 83.6 Å². The third-order valence-electron chi connectivity index (χ3n) is 9.84. The highest BCUT2D eigenvalue weighted by Gasteiger charge is 2.37. The molecule has 2 N–H and O–H groups in total. The second kappa shape index (κ2) is 13.1. The first-order valence-electron chi connectivity index (χ1n) is 16.3. The number of rotatable bonds is 9. The fourth-order valence-corrected chi connectivity index (χ4v) is 7.92. The van der Waals surface area contributed by atoms with Gasteiger partial charge in [0.1, 0.15) is 22.9 Å². The summed E-state index contributed by atoms with van der Waals surface area (Å²) in [6.07, 6.45) is 8.30. The molecule has 244 valence electrons. The van der Waals surface area contributed by atoms with E-state index in [0.29, 0.717) is 58.7 Å². The number of piperazine rings is 1. The van der Waals surface area contributed by atoms with Crippen molar-refractivity contribution in [2.24, 2.45) is 0 Å². The standard InChI is InChI=1S/C35H40ClF2N5O3/c1-20-12-23(37)5-4-22(20)14-28(44)13-21(2)31-30(36)15-29-33(32(31)38)40-35(41-34(29)42-16-24-6-7-25(17-42)39-24)46-11-3-10-43-26-8-9-27(43)19-45-18-26/h4-5,12-15,24-27,39,44H,3,6-11,16-19H2,1-2H3/b21-13+,28-14+. The normalized spacial score (nSPS) is 25.1. The predicted molar refractivity (Wildman–Crippen MR) is 177 cm³/mol. The summed E-state index contributed by atoms with van der Waals surface area (Å²) in [5.74, 6) is -0.445. The van der Waals surface area contributed by atoms with E-state index in [-0.39, 0.29) is 33.7 Å². The number of aromatic nitrogens is 2. The summed E-state index contributed by atoms with van der Waals surface area (Å²) >= 11 is 6.76. The van der Waals surface area contributed by atoms with Crippen molar-refractivity contribution in [2.45, 2.75) is 70.1 Å². The van der Waals surface area contributed by atoms with Crippen LogP contribution in [0, 0.1) is 18.6 Å². The van der Waals surface area contributed by atoms with Gasteiger partial charge < -0.3 is 24.8 Å². The minimum Gasteiger partial charge on any atom is -0.508 e. The molecule has 3 aromatic rings. The lowest BCUT2D eigenvalue weighted by Crippen LogP contribution is -2.51. The molecule has 0 aliphatic carbocycles. The molecular weight excluding hydrogens is 612 g/mol. The summed E-state index contributed by atoms with van der Waals surface area (Å²) in [6, 6.07) is 7.82. The largest absolute Gasteiger partial charge is 0.508 e. The van der Waals surface area contributed by atoms with E-state index >= 15 is 4.39 Å². The van der Waals surface area contributed by atoms with Crippen molar-refractivity contribution < 1.29 is 23.4 Å². The quantitative estimate of drug-likeness (QED) is 0.155. The second-order valence-electron chi connectivity index (χ2n) is 13.1. The van der Waals surface area contributed by atoms with Gasteiger partial charge in [0.25, 0.3) is 0 Å². The first-order valence-corrected chi connectivity index (χ1v) is 16.6. The summed E-state index contributed by atoms with van der Waals surface area (Å²) in [4.78, 5) is 14.1. The van der Waals surface area contributed by atoms with Crippen molar-refractivity contribution in [3.05, 3.63) is 69.4 Å². The van der Waals surface area contributed by atoms with Crippen molar-refractivity contribution in [3.63, 3.8) is 0 Å². The van der Waals surface area contributed by atoms with E-state index in [4.69, 9.17) is 26.1 Å². The zero-order valence-electron chi connectivity index (χ0n) is 26.2. The lowest BCUT2D eigenvalue weighted by Gasteiger charge is -2.34. The van der Waals surface area contributed by atoms with Crippen LogP contribution in [0.2, 0.25) is 5.02 Å². The van der Waals surface area contributed by atoms with Crippen LogP contribution >= 0.6 is 11.6 Å². The Kier molecular flexibility index (Phi) is 8.89. The molecule has 4 fully saturated rings. The Morgan fingerprint density at radius 3 is 2.57 bits per heavy atom. The molecule has 7 rings (SSSR count). The predicted octanol–water partition coefficient (Wildman–Crippen LogP) is 6.44. The van der Waals surface area contributed by atoms with Crippen LogP contribution in [0.3, 0.4) is 0 Å². The molecule has 11 heteroatoms. The number of aryl methyl sites for hydroxylation is 1. The van der Waals surface area contributed by atoms with E-state index < -0.39 is 5.82 Å². The number of anilines is 1. The highest BCUT2D eigenvalue weighted by Crippen LogP contribution is 2.38. The Hall–Kier alpha value is -3.31. The van der Waals surface area contributed by atoms with Crippen LogP contribution in [-0.2, 0) is 4.74 Å². The number of nitrogens with zero attached hydrogens (tertiary/aromatic N) is 4. The van der Waals surface area contributed by atoms with E-state index in [1.807, 2.05) is 0 Å². The lowest BCUT2D eigenvalue weighted by atomic mass is 10.0. The molecule has 4 unspecified atom stereocenters.